The lowest BCUT2D eigenvalue weighted by Crippen LogP contribution is -2.12. The number of pyridine rings is 1. The first-order valence-corrected chi connectivity index (χ1v) is 9.69. The molecule has 0 radical (unpaired) electrons. The van der Waals surface area contributed by atoms with Crippen LogP contribution in [0, 0.1) is 0 Å². The molecule has 0 aliphatic heterocycles. The van der Waals surface area contributed by atoms with Crippen molar-refractivity contribution in [3.05, 3.63) is 40.0 Å². The molecule has 0 amide bonds. The molecule has 2 atom stereocenters. The number of hydrogen-bond acceptors (Lipinski definition) is 7. The Kier molecular flexibility index (Phi) is 8.00. The van der Waals surface area contributed by atoms with Crippen LogP contribution in [0.3, 0.4) is 0 Å². The maximum Gasteiger partial charge on any atom is 0.306 e. The van der Waals surface area contributed by atoms with Gasteiger partial charge in [-0.1, -0.05) is 6.07 Å². The molecule has 0 spiro atoms. The van der Waals surface area contributed by atoms with Crippen LogP contribution in [-0.4, -0.2) is 40.9 Å². The van der Waals surface area contributed by atoms with E-state index in [2.05, 4.69) is 4.98 Å². The molecule has 2 aromatic rings. The molecule has 2 aromatic heterocycles. The van der Waals surface area contributed by atoms with Gasteiger partial charge in [-0.3, -0.25) is 4.79 Å². The maximum absolute atomic E-state index is 12.1. The van der Waals surface area contributed by atoms with Gasteiger partial charge in [0.1, 0.15) is 5.01 Å². The van der Waals surface area contributed by atoms with Crippen molar-refractivity contribution in [2.45, 2.75) is 51.6 Å². The van der Waals surface area contributed by atoms with Crippen LogP contribution in [0.5, 0.6) is 5.88 Å². The monoisotopic (exact) mass is 378 g/mol. The summed E-state index contributed by atoms with van der Waals surface area (Å²) in [5.41, 5.74) is 1.89. The van der Waals surface area contributed by atoms with Crippen molar-refractivity contribution >= 4 is 17.3 Å². The average Bonchev–Trinajstić information content (AvgIpc) is 3.08. The van der Waals surface area contributed by atoms with Crippen LogP contribution in [0.15, 0.2) is 23.7 Å². The Bertz CT molecular complexity index is 685. The van der Waals surface area contributed by atoms with Gasteiger partial charge in [-0.15, -0.1) is 11.3 Å². The van der Waals surface area contributed by atoms with Crippen LogP contribution in [0.1, 0.15) is 55.3 Å². The normalized spacial score (nSPS) is 13.2. The zero-order chi connectivity index (χ0) is 18.9. The highest BCUT2D eigenvalue weighted by Gasteiger charge is 2.23. The van der Waals surface area contributed by atoms with Crippen molar-refractivity contribution in [2.24, 2.45) is 0 Å². The molecular formula is C19H26N2O4S. The molecule has 2 heterocycles. The second-order valence-corrected chi connectivity index (χ2v) is 7.00. The van der Waals surface area contributed by atoms with Gasteiger partial charge in [-0.05, 0) is 38.7 Å². The lowest BCUT2D eigenvalue weighted by Gasteiger charge is -2.14. The van der Waals surface area contributed by atoms with Gasteiger partial charge in [-0.25, -0.2) is 9.97 Å². The van der Waals surface area contributed by atoms with Crippen LogP contribution in [-0.2, 0) is 16.0 Å². The number of aryl methyl sites for hydroxylation is 1. The Morgan fingerprint density at radius 3 is 2.81 bits per heavy atom. The number of methoxy groups -OCH3 is 1. The molecule has 2 rings (SSSR count). The summed E-state index contributed by atoms with van der Waals surface area (Å²) in [6.07, 6.45) is 4.10. The van der Waals surface area contributed by atoms with E-state index >= 15 is 0 Å². The van der Waals surface area contributed by atoms with Gasteiger partial charge in [0.2, 0.25) is 5.88 Å². The third-order valence-corrected chi connectivity index (χ3v) is 4.98. The molecule has 2 unspecified atom stereocenters. The molecule has 0 fully saturated rings. The van der Waals surface area contributed by atoms with Crippen molar-refractivity contribution in [3.63, 3.8) is 0 Å². The van der Waals surface area contributed by atoms with Gasteiger partial charge in [0.05, 0.1) is 31.9 Å². The molecule has 1 N–H and O–H groups in total. The van der Waals surface area contributed by atoms with Gasteiger partial charge < -0.3 is 14.6 Å². The van der Waals surface area contributed by atoms with Crippen molar-refractivity contribution in [2.75, 3.05) is 13.7 Å². The molecule has 6 nitrogen and oxygen atoms in total. The van der Waals surface area contributed by atoms with Crippen molar-refractivity contribution in [1.29, 1.82) is 0 Å². The van der Waals surface area contributed by atoms with E-state index in [9.17, 15) is 9.90 Å². The van der Waals surface area contributed by atoms with Crippen LogP contribution in [0.25, 0.3) is 0 Å². The molecule has 0 saturated heterocycles. The number of hydrogen-bond donors (Lipinski definition) is 1. The van der Waals surface area contributed by atoms with Gasteiger partial charge in [0, 0.05) is 23.6 Å². The highest BCUT2D eigenvalue weighted by Crippen LogP contribution is 2.31. The predicted octanol–water partition coefficient (Wildman–Crippen LogP) is 3.34. The fourth-order valence-electron chi connectivity index (χ4n) is 2.63. The van der Waals surface area contributed by atoms with Crippen LogP contribution in [0.2, 0.25) is 0 Å². The third-order valence-electron chi connectivity index (χ3n) is 3.97. The largest absolute Gasteiger partial charge is 0.481 e. The number of carbonyl (C=O) groups is 1. The minimum atomic E-state index is -0.296. The van der Waals surface area contributed by atoms with Gasteiger partial charge >= 0.3 is 5.97 Å². The van der Waals surface area contributed by atoms with Crippen molar-refractivity contribution < 1.29 is 19.4 Å². The number of ether oxygens (including phenoxy) is 2. The van der Waals surface area contributed by atoms with Crippen LogP contribution < -0.4 is 4.74 Å². The van der Waals surface area contributed by atoms with Crippen molar-refractivity contribution in [3.8, 4) is 5.88 Å². The Hall–Kier alpha value is -1.99. The summed E-state index contributed by atoms with van der Waals surface area (Å²) in [4.78, 5) is 21.0. The zero-order valence-electron chi connectivity index (χ0n) is 15.5. The number of aromatic nitrogens is 2. The number of carbonyl (C=O) groups excluding carboxylic acids is 1. The maximum atomic E-state index is 12.1. The minimum Gasteiger partial charge on any atom is -0.481 e. The van der Waals surface area contributed by atoms with Gasteiger partial charge in [0.25, 0.3) is 0 Å². The van der Waals surface area contributed by atoms with E-state index in [1.54, 1.807) is 44.6 Å². The van der Waals surface area contributed by atoms with Crippen molar-refractivity contribution in [1.82, 2.24) is 9.97 Å². The Balaban J connectivity index is 2.17. The lowest BCUT2D eigenvalue weighted by molar-refractivity contribution is -0.143. The molecule has 0 bridgehead atoms. The molecule has 0 aliphatic rings. The van der Waals surface area contributed by atoms with Crippen LogP contribution >= 0.6 is 11.3 Å². The minimum absolute atomic E-state index is 0.192. The number of aliphatic hydroxyl groups is 1. The van der Waals surface area contributed by atoms with E-state index in [1.165, 1.54) is 0 Å². The summed E-state index contributed by atoms with van der Waals surface area (Å²) >= 11 is 1.54. The summed E-state index contributed by atoms with van der Waals surface area (Å²) in [5.74, 6) is 0.0868. The Morgan fingerprint density at radius 1 is 1.38 bits per heavy atom. The third kappa shape index (κ3) is 6.07. The highest BCUT2D eigenvalue weighted by molar-refractivity contribution is 7.09. The average molecular weight is 378 g/mol. The number of nitrogens with zero attached hydrogens (tertiary/aromatic N) is 2. The van der Waals surface area contributed by atoms with E-state index in [1.807, 2.05) is 11.4 Å². The van der Waals surface area contributed by atoms with Crippen LogP contribution in [0.4, 0.5) is 0 Å². The number of aliphatic hydroxyl groups excluding tert-OH is 1. The van der Waals surface area contributed by atoms with E-state index < -0.39 is 0 Å². The van der Waals surface area contributed by atoms with E-state index in [0.29, 0.717) is 12.5 Å². The second-order valence-electron chi connectivity index (χ2n) is 6.11. The fraction of sp³-hybridized carbons (Fsp3) is 0.526. The molecule has 142 valence electrons. The SMILES string of the molecule is CCOC(=O)CC(c1ccc(OC)nc1)c1nc(CCCC(C)O)cs1. The Labute approximate surface area is 158 Å². The summed E-state index contributed by atoms with van der Waals surface area (Å²) in [5, 5.41) is 12.3. The molecule has 7 heteroatoms. The quantitative estimate of drug-likeness (QED) is 0.639. The first-order chi connectivity index (χ1) is 12.5. The lowest BCUT2D eigenvalue weighted by atomic mass is 9.98. The second kappa shape index (κ2) is 10.2. The van der Waals surface area contributed by atoms with E-state index in [-0.39, 0.29) is 24.4 Å². The number of thiazole rings is 1. The smallest absolute Gasteiger partial charge is 0.306 e. The summed E-state index contributed by atoms with van der Waals surface area (Å²) in [7, 11) is 1.57. The van der Waals surface area contributed by atoms with Gasteiger partial charge in [-0.2, -0.15) is 0 Å². The first kappa shape index (κ1) is 20.3. The molecular weight excluding hydrogens is 352 g/mol. The Morgan fingerprint density at radius 2 is 2.19 bits per heavy atom. The van der Waals surface area contributed by atoms with E-state index in [4.69, 9.17) is 14.5 Å². The number of rotatable bonds is 10. The highest BCUT2D eigenvalue weighted by atomic mass is 32.1. The summed E-state index contributed by atoms with van der Waals surface area (Å²) in [6.45, 7) is 3.94. The van der Waals surface area contributed by atoms with Gasteiger partial charge in [0.15, 0.2) is 0 Å². The summed E-state index contributed by atoms with van der Waals surface area (Å²) in [6, 6.07) is 3.69. The topological polar surface area (TPSA) is 81.5 Å². The molecule has 0 aliphatic carbocycles. The predicted molar refractivity (Wildman–Crippen MR) is 101 cm³/mol. The van der Waals surface area contributed by atoms with E-state index in [0.717, 1.165) is 35.5 Å². The zero-order valence-corrected chi connectivity index (χ0v) is 16.3. The fourth-order valence-corrected chi connectivity index (χ4v) is 3.61. The summed E-state index contributed by atoms with van der Waals surface area (Å²) < 4.78 is 10.2. The standard InChI is InChI=1S/C19H26N2O4S/c1-4-25-18(23)10-16(14-8-9-17(24-3)20-11-14)19-21-15(12-26-19)7-5-6-13(2)22/h8-9,11-13,16,22H,4-7,10H2,1-3H3. The first-order valence-electron chi connectivity index (χ1n) is 8.81. The number of esters is 1. The molecule has 26 heavy (non-hydrogen) atoms. The molecule has 0 aromatic carbocycles. The molecule has 0 saturated carbocycles.